The second-order valence-electron chi connectivity index (χ2n) is 8.31. The Kier molecular flexibility index (Phi) is 6.97. The van der Waals surface area contributed by atoms with E-state index in [1.807, 2.05) is 6.92 Å². The average Bonchev–Trinajstić information content (AvgIpc) is 2.67. The van der Waals surface area contributed by atoms with Crippen molar-refractivity contribution in [1.82, 2.24) is 10.2 Å². The third-order valence-electron chi connectivity index (χ3n) is 6.08. The van der Waals surface area contributed by atoms with Crippen LogP contribution in [0.5, 0.6) is 0 Å². The van der Waals surface area contributed by atoms with E-state index < -0.39 is 0 Å². The number of likely N-dealkylation sites (tertiary alicyclic amines) is 1. The van der Waals surface area contributed by atoms with Crippen LogP contribution in [0, 0.1) is 32.5 Å². The zero-order valence-electron chi connectivity index (χ0n) is 17.7. The summed E-state index contributed by atoms with van der Waals surface area (Å²) in [5.74, 6) is -0.141. The van der Waals surface area contributed by atoms with E-state index in [1.165, 1.54) is 28.3 Å². The molecule has 0 spiro atoms. The molecule has 2 aromatic carbocycles. The lowest BCUT2D eigenvalue weighted by atomic mass is 9.93. The van der Waals surface area contributed by atoms with Crippen LogP contribution in [0.2, 0.25) is 5.02 Å². The van der Waals surface area contributed by atoms with Gasteiger partial charge < -0.3 is 5.32 Å². The van der Waals surface area contributed by atoms with Gasteiger partial charge in [-0.05, 0) is 88.0 Å². The number of nitrogens with one attached hydrogen (secondary N) is 1. The standard InChI is InChI=1S/C24H30ClFN2O/c1-15-11-17(3)22(12-16(15)2)18(4)27-24(29)19-7-9-28(10-8-19)14-20-5-6-21(25)13-23(20)26/h5-6,11-13,18-19H,7-10,14H2,1-4H3,(H,27,29)/t18-/m1/s1. The van der Waals surface area contributed by atoms with E-state index in [-0.39, 0.29) is 23.7 Å². The van der Waals surface area contributed by atoms with E-state index in [2.05, 4.69) is 43.1 Å². The van der Waals surface area contributed by atoms with E-state index in [1.54, 1.807) is 12.1 Å². The Bertz CT molecular complexity index is 891. The molecule has 156 valence electrons. The molecule has 1 fully saturated rings. The zero-order chi connectivity index (χ0) is 21.1. The molecule has 1 aliphatic rings. The predicted molar refractivity (Wildman–Crippen MR) is 117 cm³/mol. The molecule has 2 aromatic rings. The number of amides is 1. The Balaban J connectivity index is 1.54. The molecule has 0 bridgehead atoms. The molecule has 0 radical (unpaired) electrons. The number of piperidine rings is 1. The first-order valence-electron chi connectivity index (χ1n) is 10.3. The lowest BCUT2D eigenvalue weighted by Crippen LogP contribution is -2.41. The number of rotatable bonds is 5. The predicted octanol–water partition coefficient (Wildman–Crippen LogP) is 5.49. The van der Waals surface area contributed by atoms with Crippen molar-refractivity contribution in [3.05, 3.63) is 69.0 Å². The van der Waals surface area contributed by atoms with Crippen LogP contribution >= 0.6 is 11.6 Å². The molecule has 3 rings (SSSR count). The van der Waals surface area contributed by atoms with Crippen molar-refractivity contribution in [1.29, 1.82) is 0 Å². The number of hydrogen-bond acceptors (Lipinski definition) is 2. The smallest absolute Gasteiger partial charge is 0.223 e. The van der Waals surface area contributed by atoms with Crippen molar-refractivity contribution < 1.29 is 9.18 Å². The molecule has 1 atom stereocenters. The molecule has 1 heterocycles. The van der Waals surface area contributed by atoms with Crippen molar-refractivity contribution >= 4 is 17.5 Å². The Morgan fingerprint density at radius 3 is 2.45 bits per heavy atom. The van der Waals surface area contributed by atoms with E-state index in [0.717, 1.165) is 25.9 Å². The molecule has 5 heteroatoms. The maximum absolute atomic E-state index is 14.0. The van der Waals surface area contributed by atoms with Gasteiger partial charge in [0.05, 0.1) is 6.04 Å². The minimum Gasteiger partial charge on any atom is -0.349 e. The van der Waals surface area contributed by atoms with E-state index in [9.17, 15) is 9.18 Å². The lowest BCUT2D eigenvalue weighted by molar-refractivity contribution is -0.127. The van der Waals surface area contributed by atoms with E-state index in [4.69, 9.17) is 11.6 Å². The van der Waals surface area contributed by atoms with Gasteiger partial charge in [0, 0.05) is 23.0 Å². The number of carbonyl (C=O) groups excluding carboxylic acids is 1. The summed E-state index contributed by atoms with van der Waals surface area (Å²) in [6.45, 7) is 10.5. The highest BCUT2D eigenvalue weighted by molar-refractivity contribution is 6.30. The van der Waals surface area contributed by atoms with Crippen molar-refractivity contribution in [3.63, 3.8) is 0 Å². The second kappa shape index (κ2) is 9.27. The Hall–Kier alpha value is -1.91. The molecule has 1 saturated heterocycles. The quantitative estimate of drug-likeness (QED) is 0.698. The van der Waals surface area contributed by atoms with E-state index in [0.29, 0.717) is 17.1 Å². The summed E-state index contributed by atoms with van der Waals surface area (Å²) in [5, 5.41) is 3.61. The molecule has 1 N–H and O–H groups in total. The third kappa shape index (κ3) is 5.37. The van der Waals surface area contributed by atoms with Gasteiger partial charge in [-0.15, -0.1) is 0 Å². The summed E-state index contributed by atoms with van der Waals surface area (Å²) in [6, 6.07) is 9.16. The van der Waals surface area contributed by atoms with Crippen molar-refractivity contribution in [3.8, 4) is 0 Å². The molecular formula is C24H30ClFN2O. The first kappa shape index (κ1) is 21.8. The minimum absolute atomic E-state index is 0.00983. The molecule has 0 aliphatic carbocycles. The topological polar surface area (TPSA) is 32.3 Å². The van der Waals surface area contributed by atoms with Crippen LogP contribution in [0.3, 0.4) is 0 Å². The number of aryl methyl sites for hydroxylation is 3. The fraction of sp³-hybridized carbons (Fsp3) is 0.458. The fourth-order valence-corrected chi connectivity index (χ4v) is 4.26. The maximum Gasteiger partial charge on any atom is 0.223 e. The van der Waals surface area contributed by atoms with Crippen molar-refractivity contribution in [2.45, 2.75) is 53.1 Å². The lowest BCUT2D eigenvalue weighted by Gasteiger charge is -2.32. The van der Waals surface area contributed by atoms with Gasteiger partial charge in [-0.1, -0.05) is 29.8 Å². The summed E-state index contributed by atoms with van der Waals surface area (Å²) in [5.41, 5.74) is 5.55. The van der Waals surface area contributed by atoms with E-state index >= 15 is 0 Å². The molecule has 29 heavy (non-hydrogen) atoms. The zero-order valence-corrected chi connectivity index (χ0v) is 18.4. The third-order valence-corrected chi connectivity index (χ3v) is 6.31. The maximum atomic E-state index is 14.0. The molecule has 0 saturated carbocycles. The molecule has 3 nitrogen and oxygen atoms in total. The van der Waals surface area contributed by atoms with Gasteiger partial charge in [0.15, 0.2) is 0 Å². The molecule has 1 aliphatic heterocycles. The van der Waals surface area contributed by atoms with Crippen LogP contribution in [-0.2, 0) is 11.3 Å². The SMILES string of the molecule is Cc1cc(C)c([C@@H](C)NC(=O)C2CCN(Cc3ccc(Cl)cc3F)CC2)cc1C. The van der Waals surface area contributed by atoms with Gasteiger partial charge >= 0.3 is 0 Å². The van der Waals surface area contributed by atoms with Gasteiger partial charge in [0.2, 0.25) is 5.91 Å². The highest BCUT2D eigenvalue weighted by Gasteiger charge is 2.26. The van der Waals surface area contributed by atoms with Gasteiger partial charge in [0.1, 0.15) is 5.82 Å². The number of carbonyl (C=O) groups is 1. The summed E-state index contributed by atoms with van der Waals surface area (Å²) < 4.78 is 14.0. The Morgan fingerprint density at radius 1 is 1.14 bits per heavy atom. The summed E-state index contributed by atoms with van der Waals surface area (Å²) in [6.07, 6.45) is 1.58. The summed E-state index contributed by atoms with van der Waals surface area (Å²) in [7, 11) is 0. The van der Waals surface area contributed by atoms with Gasteiger partial charge in [0.25, 0.3) is 0 Å². The second-order valence-corrected chi connectivity index (χ2v) is 8.75. The monoisotopic (exact) mass is 416 g/mol. The largest absolute Gasteiger partial charge is 0.349 e. The Labute approximate surface area is 178 Å². The van der Waals surface area contributed by atoms with Gasteiger partial charge in [-0.2, -0.15) is 0 Å². The molecular weight excluding hydrogens is 387 g/mol. The van der Waals surface area contributed by atoms with Crippen LogP contribution in [0.4, 0.5) is 4.39 Å². The average molecular weight is 417 g/mol. The molecule has 0 unspecified atom stereocenters. The normalized spacial score (nSPS) is 16.6. The van der Waals surface area contributed by atoms with Crippen molar-refractivity contribution in [2.75, 3.05) is 13.1 Å². The summed E-state index contributed by atoms with van der Waals surface area (Å²) >= 11 is 5.83. The Morgan fingerprint density at radius 2 is 1.79 bits per heavy atom. The van der Waals surface area contributed by atoms with Crippen LogP contribution < -0.4 is 5.32 Å². The number of halogens is 2. The van der Waals surface area contributed by atoms with Crippen LogP contribution in [0.15, 0.2) is 30.3 Å². The van der Waals surface area contributed by atoms with Gasteiger partial charge in [-0.25, -0.2) is 4.39 Å². The van der Waals surface area contributed by atoms with Crippen LogP contribution in [-0.4, -0.2) is 23.9 Å². The van der Waals surface area contributed by atoms with Crippen LogP contribution in [0.1, 0.15) is 53.6 Å². The van der Waals surface area contributed by atoms with Crippen LogP contribution in [0.25, 0.3) is 0 Å². The van der Waals surface area contributed by atoms with Crippen molar-refractivity contribution in [2.24, 2.45) is 5.92 Å². The summed E-state index contributed by atoms with van der Waals surface area (Å²) in [4.78, 5) is 15.0. The first-order chi connectivity index (χ1) is 13.7. The fourth-order valence-electron chi connectivity index (χ4n) is 4.10. The highest BCUT2D eigenvalue weighted by Crippen LogP contribution is 2.25. The number of nitrogens with zero attached hydrogens (tertiary/aromatic N) is 1. The molecule has 0 aromatic heterocycles. The highest BCUT2D eigenvalue weighted by atomic mass is 35.5. The first-order valence-corrected chi connectivity index (χ1v) is 10.7. The van der Waals surface area contributed by atoms with Gasteiger partial charge in [-0.3, -0.25) is 9.69 Å². The molecule has 1 amide bonds. The number of benzene rings is 2. The number of hydrogen-bond donors (Lipinski definition) is 1. The minimum atomic E-state index is -0.269.